The number of ether oxygens (including phenoxy) is 1. The summed E-state index contributed by atoms with van der Waals surface area (Å²) in [6, 6.07) is 13.5. The molecule has 2 amide bonds. The number of amides is 2. The number of esters is 1. The standard InChI is InChI=1S/C24H29N3O6S/c1-17(2)22(26-23(29)18-9-4-3-5-10-18)24(30)33-16-21(28)25-19-11-8-12-20(15-19)34(31,32)27-13-6-7-14-27/h3-5,8-12,15,17,22H,6-7,13-14,16H2,1-2H3,(H,25,28)(H,26,29)/t22-/m0/s1. The highest BCUT2D eigenvalue weighted by Gasteiger charge is 2.28. The van der Waals surface area contributed by atoms with Crippen molar-refractivity contribution in [2.24, 2.45) is 5.92 Å². The Bertz CT molecular complexity index is 1130. The minimum atomic E-state index is -3.62. The molecule has 0 aliphatic carbocycles. The largest absolute Gasteiger partial charge is 0.454 e. The first-order valence-corrected chi connectivity index (χ1v) is 12.5. The fraction of sp³-hybridized carbons (Fsp3) is 0.375. The van der Waals surface area contributed by atoms with Crippen LogP contribution in [0, 0.1) is 5.92 Å². The summed E-state index contributed by atoms with van der Waals surface area (Å²) in [7, 11) is -3.62. The van der Waals surface area contributed by atoms with Crippen molar-refractivity contribution < 1.29 is 27.5 Å². The van der Waals surface area contributed by atoms with Gasteiger partial charge in [0.2, 0.25) is 10.0 Å². The molecule has 1 aliphatic heterocycles. The van der Waals surface area contributed by atoms with Gasteiger partial charge in [0.15, 0.2) is 6.61 Å². The van der Waals surface area contributed by atoms with Gasteiger partial charge in [-0.1, -0.05) is 38.1 Å². The molecule has 0 unspecified atom stereocenters. The van der Waals surface area contributed by atoms with Crippen LogP contribution in [0.3, 0.4) is 0 Å². The summed E-state index contributed by atoms with van der Waals surface area (Å²) in [6.45, 7) is 3.89. The SMILES string of the molecule is CC(C)[C@H](NC(=O)c1ccccc1)C(=O)OCC(=O)Nc1cccc(S(=O)(=O)N2CCCC2)c1. The maximum Gasteiger partial charge on any atom is 0.329 e. The molecular formula is C24H29N3O6S. The molecule has 0 aromatic heterocycles. The number of nitrogens with one attached hydrogen (secondary N) is 2. The Balaban J connectivity index is 1.57. The fourth-order valence-electron chi connectivity index (χ4n) is 3.55. The molecule has 2 N–H and O–H groups in total. The quantitative estimate of drug-likeness (QED) is 0.524. The summed E-state index contributed by atoms with van der Waals surface area (Å²) in [5.74, 6) is -2.05. The molecule has 0 spiro atoms. The van der Waals surface area contributed by atoms with E-state index >= 15 is 0 Å². The second-order valence-electron chi connectivity index (χ2n) is 8.36. The lowest BCUT2D eigenvalue weighted by Crippen LogP contribution is -2.45. The maximum absolute atomic E-state index is 12.7. The van der Waals surface area contributed by atoms with E-state index < -0.39 is 40.5 Å². The second kappa shape index (κ2) is 11.3. The Labute approximate surface area is 199 Å². The van der Waals surface area contributed by atoms with Crippen molar-refractivity contribution in [1.29, 1.82) is 0 Å². The summed E-state index contributed by atoms with van der Waals surface area (Å²) < 4.78 is 32.0. The molecule has 9 nitrogen and oxygen atoms in total. The number of hydrogen-bond acceptors (Lipinski definition) is 6. The Morgan fingerprint density at radius 1 is 1.00 bits per heavy atom. The van der Waals surface area contributed by atoms with E-state index in [0.717, 1.165) is 12.8 Å². The molecular weight excluding hydrogens is 458 g/mol. The predicted molar refractivity (Wildman–Crippen MR) is 127 cm³/mol. The van der Waals surface area contributed by atoms with Gasteiger partial charge in [0.1, 0.15) is 6.04 Å². The van der Waals surface area contributed by atoms with Crippen molar-refractivity contribution in [3.05, 3.63) is 60.2 Å². The molecule has 1 heterocycles. The average Bonchev–Trinajstić information content (AvgIpc) is 3.37. The zero-order chi connectivity index (χ0) is 24.7. The molecule has 2 aromatic rings. The summed E-state index contributed by atoms with van der Waals surface area (Å²) in [5, 5.41) is 5.19. The van der Waals surface area contributed by atoms with Crippen LogP contribution in [0.4, 0.5) is 5.69 Å². The number of rotatable bonds is 9. The van der Waals surface area contributed by atoms with E-state index in [0.29, 0.717) is 18.7 Å². The zero-order valence-corrected chi connectivity index (χ0v) is 20.0. The highest BCUT2D eigenvalue weighted by molar-refractivity contribution is 7.89. The lowest BCUT2D eigenvalue weighted by atomic mass is 10.0. The average molecular weight is 488 g/mol. The Morgan fingerprint density at radius 3 is 2.32 bits per heavy atom. The maximum atomic E-state index is 12.7. The van der Waals surface area contributed by atoms with E-state index in [4.69, 9.17) is 4.74 Å². The molecule has 3 rings (SSSR count). The topological polar surface area (TPSA) is 122 Å². The highest BCUT2D eigenvalue weighted by atomic mass is 32.2. The molecule has 2 aromatic carbocycles. The first-order chi connectivity index (χ1) is 16.2. The van der Waals surface area contributed by atoms with E-state index in [1.807, 2.05) is 0 Å². The van der Waals surface area contributed by atoms with Gasteiger partial charge in [0.05, 0.1) is 4.90 Å². The predicted octanol–water partition coefficient (Wildman–Crippen LogP) is 2.41. The van der Waals surface area contributed by atoms with Crippen molar-refractivity contribution in [2.75, 3.05) is 25.0 Å². The van der Waals surface area contributed by atoms with Gasteiger partial charge in [-0.2, -0.15) is 4.31 Å². The first kappa shape index (κ1) is 25.4. The number of hydrogen-bond donors (Lipinski definition) is 2. The van der Waals surface area contributed by atoms with Crippen LogP contribution in [0.2, 0.25) is 0 Å². The van der Waals surface area contributed by atoms with Crippen molar-refractivity contribution >= 4 is 33.5 Å². The Hall–Kier alpha value is -3.24. The van der Waals surface area contributed by atoms with Crippen molar-refractivity contribution in [1.82, 2.24) is 9.62 Å². The lowest BCUT2D eigenvalue weighted by molar-refractivity contribution is -0.150. The van der Waals surface area contributed by atoms with Gasteiger partial charge in [0.25, 0.3) is 11.8 Å². The third-order valence-electron chi connectivity index (χ3n) is 5.41. The van der Waals surface area contributed by atoms with Gasteiger partial charge in [-0.15, -0.1) is 0 Å². The van der Waals surface area contributed by atoms with Crippen LogP contribution in [0.25, 0.3) is 0 Å². The molecule has 1 aliphatic rings. The van der Waals surface area contributed by atoms with Crippen LogP contribution < -0.4 is 10.6 Å². The molecule has 0 radical (unpaired) electrons. The molecule has 0 bridgehead atoms. The molecule has 1 saturated heterocycles. The monoisotopic (exact) mass is 487 g/mol. The smallest absolute Gasteiger partial charge is 0.329 e. The third-order valence-corrected chi connectivity index (χ3v) is 7.30. The Morgan fingerprint density at radius 2 is 1.68 bits per heavy atom. The van der Waals surface area contributed by atoms with Crippen LogP contribution >= 0.6 is 0 Å². The van der Waals surface area contributed by atoms with Crippen LogP contribution in [0.15, 0.2) is 59.5 Å². The number of anilines is 1. The van der Waals surface area contributed by atoms with Gasteiger partial charge < -0.3 is 15.4 Å². The summed E-state index contributed by atoms with van der Waals surface area (Å²) >= 11 is 0. The lowest BCUT2D eigenvalue weighted by Gasteiger charge is -2.21. The molecule has 1 atom stereocenters. The van der Waals surface area contributed by atoms with Crippen molar-refractivity contribution in [3.63, 3.8) is 0 Å². The molecule has 10 heteroatoms. The van der Waals surface area contributed by atoms with E-state index in [1.165, 1.54) is 16.4 Å². The molecule has 34 heavy (non-hydrogen) atoms. The van der Waals surface area contributed by atoms with Gasteiger partial charge in [0, 0.05) is 24.3 Å². The van der Waals surface area contributed by atoms with E-state index in [-0.39, 0.29) is 16.5 Å². The van der Waals surface area contributed by atoms with Crippen LogP contribution in [-0.4, -0.2) is 56.2 Å². The normalized spacial score (nSPS) is 15.0. The summed E-state index contributed by atoms with van der Waals surface area (Å²) in [6.07, 6.45) is 1.65. The van der Waals surface area contributed by atoms with Crippen molar-refractivity contribution in [2.45, 2.75) is 37.6 Å². The number of benzene rings is 2. The van der Waals surface area contributed by atoms with E-state index in [2.05, 4.69) is 10.6 Å². The van der Waals surface area contributed by atoms with Crippen LogP contribution in [0.5, 0.6) is 0 Å². The zero-order valence-electron chi connectivity index (χ0n) is 19.2. The van der Waals surface area contributed by atoms with Crippen molar-refractivity contribution in [3.8, 4) is 0 Å². The molecule has 0 saturated carbocycles. The number of carbonyl (C=O) groups is 3. The van der Waals surface area contributed by atoms with E-state index in [1.54, 1.807) is 56.3 Å². The summed E-state index contributed by atoms with van der Waals surface area (Å²) in [5.41, 5.74) is 0.682. The van der Waals surface area contributed by atoms with Crippen LogP contribution in [-0.2, 0) is 24.3 Å². The van der Waals surface area contributed by atoms with Gasteiger partial charge in [-0.25, -0.2) is 13.2 Å². The summed E-state index contributed by atoms with van der Waals surface area (Å²) in [4.78, 5) is 37.4. The Kier molecular flexibility index (Phi) is 8.41. The van der Waals surface area contributed by atoms with Gasteiger partial charge >= 0.3 is 5.97 Å². The third kappa shape index (κ3) is 6.42. The van der Waals surface area contributed by atoms with Gasteiger partial charge in [-0.05, 0) is 49.1 Å². The first-order valence-electron chi connectivity index (χ1n) is 11.1. The molecule has 1 fully saturated rings. The fourth-order valence-corrected chi connectivity index (χ4v) is 5.11. The molecule has 182 valence electrons. The number of carbonyl (C=O) groups excluding carboxylic acids is 3. The number of nitrogens with zero attached hydrogens (tertiary/aromatic N) is 1. The van der Waals surface area contributed by atoms with Gasteiger partial charge in [-0.3, -0.25) is 9.59 Å². The highest BCUT2D eigenvalue weighted by Crippen LogP contribution is 2.23. The minimum absolute atomic E-state index is 0.0905. The van der Waals surface area contributed by atoms with Crippen LogP contribution in [0.1, 0.15) is 37.0 Å². The second-order valence-corrected chi connectivity index (χ2v) is 10.3. The van der Waals surface area contributed by atoms with E-state index in [9.17, 15) is 22.8 Å². The minimum Gasteiger partial charge on any atom is -0.454 e. The number of sulfonamides is 1.